The summed E-state index contributed by atoms with van der Waals surface area (Å²) >= 11 is 11.8. The molecule has 0 radical (unpaired) electrons. The Morgan fingerprint density at radius 3 is 2.52 bits per heavy atom. The number of amides is 1. The molecule has 0 atom stereocenters. The molecule has 0 bridgehead atoms. The third-order valence-electron chi connectivity index (χ3n) is 3.40. The van der Waals surface area contributed by atoms with Crippen LogP contribution in [-0.2, 0) is 6.54 Å². The van der Waals surface area contributed by atoms with Gasteiger partial charge in [-0.15, -0.1) is 0 Å². The van der Waals surface area contributed by atoms with Crippen molar-refractivity contribution in [2.45, 2.75) is 25.4 Å². The summed E-state index contributed by atoms with van der Waals surface area (Å²) in [4.78, 5) is 22.5. The van der Waals surface area contributed by atoms with Gasteiger partial charge < -0.3 is 4.90 Å². The van der Waals surface area contributed by atoms with Gasteiger partial charge in [-0.25, -0.2) is 4.98 Å². The maximum atomic E-state index is 12.7. The highest BCUT2D eigenvalue weighted by Crippen LogP contribution is 2.31. The minimum absolute atomic E-state index is 0.108. The zero-order chi connectivity index (χ0) is 14.8. The summed E-state index contributed by atoms with van der Waals surface area (Å²) in [6, 6.07) is 7.30. The number of carbonyl (C=O) groups is 1. The van der Waals surface area contributed by atoms with Crippen LogP contribution in [0.4, 0.5) is 0 Å². The molecule has 0 aromatic carbocycles. The molecule has 3 rings (SSSR count). The molecular formula is C15H13Cl2N3O. The van der Waals surface area contributed by atoms with Gasteiger partial charge in [-0.3, -0.25) is 9.78 Å². The first kappa shape index (κ1) is 14.3. The molecule has 1 aliphatic carbocycles. The molecule has 0 N–H and O–H groups in total. The van der Waals surface area contributed by atoms with E-state index in [0.717, 1.165) is 18.4 Å². The van der Waals surface area contributed by atoms with E-state index in [1.54, 1.807) is 24.5 Å². The predicted octanol–water partition coefficient (Wildman–Crippen LogP) is 3.59. The zero-order valence-electron chi connectivity index (χ0n) is 11.2. The fourth-order valence-electron chi connectivity index (χ4n) is 2.16. The highest BCUT2D eigenvalue weighted by Gasteiger charge is 2.34. The molecule has 21 heavy (non-hydrogen) atoms. The number of hydrogen-bond acceptors (Lipinski definition) is 3. The summed E-state index contributed by atoms with van der Waals surface area (Å²) in [6.07, 6.45) is 5.49. The molecule has 1 fully saturated rings. The van der Waals surface area contributed by atoms with Crippen molar-refractivity contribution in [3.63, 3.8) is 0 Å². The van der Waals surface area contributed by atoms with E-state index < -0.39 is 0 Å². The zero-order valence-corrected chi connectivity index (χ0v) is 12.7. The lowest BCUT2D eigenvalue weighted by Gasteiger charge is -2.23. The number of pyridine rings is 2. The minimum atomic E-state index is -0.108. The second-order valence-corrected chi connectivity index (χ2v) is 5.74. The molecule has 6 heteroatoms. The van der Waals surface area contributed by atoms with E-state index in [2.05, 4.69) is 9.97 Å². The van der Waals surface area contributed by atoms with Gasteiger partial charge >= 0.3 is 0 Å². The third kappa shape index (κ3) is 3.34. The summed E-state index contributed by atoms with van der Waals surface area (Å²) in [5.74, 6) is -0.108. The topological polar surface area (TPSA) is 46.1 Å². The van der Waals surface area contributed by atoms with Crippen molar-refractivity contribution >= 4 is 29.1 Å². The number of nitrogens with zero attached hydrogens (tertiary/aromatic N) is 3. The molecule has 0 saturated heterocycles. The molecule has 0 aliphatic heterocycles. The molecule has 2 aromatic rings. The average molecular weight is 322 g/mol. The van der Waals surface area contributed by atoms with Gasteiger partial charge in [0.2, 0.25) is 0 Å². The van der Waals surface area contributed by atoms with Gasteiger partial charge in [0.05, 0.1) is 5.56 Å². The maximum absolute atomic E-state index is 12.7. The van der Waals surface area contributed by atoms with Gasteiger partial charge in [0.1, 0.15) is 10.3 Å². The fraction of sp³-hybridized carbons (Fsp3) is 0.267. The van der Waals surface area contributed by atoms with Crippen LogP contribution in [0.25, 0.3) is 0 Å². The lowest BCUT2D eigenvalue weighted by Crippen LogP contribution is -2.32. The highest BCUT2D eigenvalue weighted by molar-refractivity contribution is 6.34. The second kappa shape index (κ2) is 6.00. The van der Waals surface area contributed by atoms with E-state index in [1.807, 2.05) is 17.0 Å². The largest absolute Gasteiger partial charge is 0.331 e. The quantitative estimate of drug-likeness (QED) is 0.808. The van der Waals surface area contributed by atoms with Crippen LogP contribution in [0.5, 0.6) is 0 Å². The fourth-order valence-corrected chi connectivity index (χ4v) is 2.59. The minimum Gasteiger partial charge on any atom is -0.331 e. The standard InChI is InChI=1S/C15H13Cl2N3O/c16-13-4-3-12(14(17)19-13)15(21)20(11-1-2-11)9-10-5-7-18-8-6-10/h3-8,11H,1-2,9H2. The van der Waals surface area contributed by atoms with Gasteiger partial charge in [0, 0.05) is 25.0 Å². The van der Waals surface area contributed by atoms with E-state index in [0.29, 0.717) is 12.1 Å². The Hall–Kier alpha value is -1.65. The normalized spacial score (nSPS) is 14.0. The van der Waals surface area contributed by atoms with Gasteiger partial charge in [0.25, 0.3) is 5.91 Å². The molecule has 0 spiro atoms. The van der Waals surface area contributed by atoms with Gasteiger partial charge in [0.15, 0.2) is 0 Å². The number of aromatic nitrogens is 2. The van der Waals surface area contributed by atoms with Crippen molar-refractivity contribution in [3.05, 3.63) is 58.1 Å². The van der Waals surface area contributed by atoms with E-state index in [-0.39, 0.29) is 22.3 Å². The Morgan fingerprint density at radius 1 is 1.19 bits per heavy atom. The van der Waals surface area contributed by atoms with Crippen LogP contribution in [0.15, 0.2) is 36.7 Å². The van der Waals surface area contributed by atoms with Crippen LogP contribution in [0.2, 0.25) is 10.3 Å². The van der Waals surface area contributed by atoms with Crippen LogP contribution in [-0.4, -0.2) is 26.8 Å². The highest BCUT2D eigenvalue weighted by atomic mass is 35.5. The second-order valence-electron chi connectivity index (χ2n) is 4.99. The molecule has 4 nitrogen and oxygen atoms in total. The molecule has 1 amide bonds. The van der Waals surface area contributed by atoms with Crippen molar-refractivity contribution in [2.75, 3.05) is 0 Å². The summed E-state index contributed by atoms with van der Waals surface area (Å²) in [5, 5.41) is 0.427. The van der Waals surface area contributed by atoms with E-state index in [9.17, 15) is 4.79 Å². The summed E-state index contributed by atoms with van der Waals surface area (Å²) < 4.78 is 0. The van der Waals surface area contributed by atoms with Crippen molar-refractivity contribution in [1.82, 2.24) is 14.9 Å². The maximum Gasteiger partial charge on any atom is 0.257 e. The molecule has 2 aromatic heterocycles. The Kier molecular flexibility index (Phi) is 4.08. The van der Waals surface area contributed by atoms with Crippen LogP contribution in [0.3, 0.4) is 0 Å². The van der Waals surface area contributed by atoms with Crippen LogP contribution < -0.4 is 0 Å². The van der Waals surface area contributed by atoms with Crippen molar-refractivity contribution in [3.8, 4) is 0 Å². The SMILES string of the molecule is O=C(c1ccc(Cl)nc1Cl)N(Cc1ccncc1)C1CC1. The molecule has 1 saturated carbocycles. The molecule has 108 valence electrons. The molecule has 1 aliphatic rings. The van der Waals surface area contributed by atoms with E-state index >= 15 is 0 Å². The molecule has 0 unspecified atom stereocenters. The monoisotopic (exact) mass is 321 g/mol. The summed E-state index contributed by atoms with van der Waals surface area (Å²) in [6.45, 7) is 0.547. The lowest BCUT2D eigenvalue weighted by atomic mass is 10.2. The predicted molar refractivity (Wildman–Crippen MR) is 81.4 cm³/mol. The molecular weight excluding hydrogens is 309 g/mol. The van der Waals surface area contributed by atoms with Gasteiger partial charge in [-0.1, -0.05) is 23.2 Å². The van der Waals surface area contributed by atoms with Crippen LogP contribution in [0.1, 0.15) is 28.8 Å². The van der Waals surface area contributed by atoms with Gasteiger partial charge in [-0.05, 0) is 42.7 Å². The summed E-state index contributed by atoms with van der Waals surface area (Å²) in [5.41, 5.74) is 1.44. The molecule has 2 heterocycles. The van der Waals surface area contributed by atoms with Gasteiger partial charge in [-0.2, -0.15) is 0 Å². The number of hydrogen-bond donors (Lipinski definition) is 0. The average Bonchev–Trinajstić information content (AvgIpc) is 3.30. The van der Waals surface area contributed by atoms with Crippen molar-refractivity contribution in [1.29, 1.82) is 0 Å². The van der Waals surface area contributed by atoms with Crippen molar-refractivity contribution < 1.29 is 4.79 Å². The lowest BCUT2D eigenvalue weighted by molar-refractivity contribution is 0.0729. The number of rotatable bonds is 4. The Bertz CT molecular complexity index is 659. The first-order valence-corrected chi connectivity index (χ1v) is 7.42. The van der Waals surface area contributed by atoms with E-state index in [1.165, 1.54) is 0 Å². The third-order valence-corrected chi connectivity index (χ3v) is 3.89. The Labute approximate surface area is 132 Å². The number of halogens is 2. The van der Waals surface area contributed by atoms with Crippen LogP contribution in [0, 0.1) is 0 Å². The van der Waals surface area contributed by atoms with Crippen molar-refractivity contribution in [2.24, 2.45) is 0 Å². The number of carbonyl (C=O) groups excluding carboxylic acids is 1. The smallest absolute Gasteiger partial charge is 0.257 e. The Balaban J connectivity index is 1.85. The van der Waals surface area contributed by atoms with Crippen LogP contribution >= 0.6 is 23.2 Å². The van der Waals surface area contributed by atoms with E-state index in [4.69, 9.17) is 23.2 Å². The first-order valence-electron chi connectivity index (χ1n) is 6.67. The Morgan fingerprint density at radius 2 is 1.90 bits per heavy atom. The summed E-state index contributed by atoms with van der Waals surface area (Å²) in [7, 11) is 0. The first-order chi connectivity index (χ1) is 10.1.